The summed E-state index contributed by atoms with van der Waals surface area (Å²) in [5, 5.41) is 8.05. The number of amides is 2. The van der Waals surface area contributed by atoms with E-state index in [1.165, 1.54) is 12.8 Å². The standard InChI is InChI=1S/C18H25N3O3/c1-2-24-13-9-7-12(8-10-13)19-17(22)11-16-18(23)21-15-6-4-3-5-14(15)20-16/h7-10,14-16,20H,2-6,11H2,1H3,(H,19,22)(H,21,23)/p+1/t14-,15-,16-/m0/s1. The second-order valence-electron chi connectivity index (χ2n) is 6.57. The van der Waals surface area contributed by atoms with Crippen LogP contribution in [0, 0.1) is 0 Å². The number of nitrogens with one attached hydrogen (secondary N) is 2. The molecular weight excluding hydrogens is 306 g/mol. The SMILES string of the molecule is CCOc1ccc(NC(=O)C[C@@H]2[NH2+][C@H]3CCCC[C@@H]3NC2=O)cc1. The van der Waals surface area contributed by atoms with Gasteiger partial charge >= 0.3 is 0 Å². The van der Waals surface area contributed by atoms with E-state index in [1.54, 1.807) is 0 Å². The molecule has 0 radical (unpaired) electrons. The number of fused-ring (bicyclic) bond motifs is 1. The van der Waals surface area contributed by atoms with Gasteiger partial charge in [0.15, 0.2) is 6.04 Å². The Kier molecular flexibility index (Phi) is 5.35. The molecule has 1 aliphatic heterocycles. The number of carbonyl (C=O) groups is 2. The summed E-state index contributed by atoms with van der Waals surface area (Å²) in [7, 11) is 0. The maximum absolute atomic E-state index is 12.3. The minimum absolute atomic E-state index is 0.0139. The van der Waals surface area contributed by atoms with E-state index in [9.17, 15) is 9.59 Å². The van der Waals surface area contributed by atoms with E-state index < -0.39 is 0 Å². The summed E-state index contributed by atoms with van der Waals surface area (Å²) in [6.45, 7) is 2.54. The predicted molar refractivity (Wildman–Crippen MR) is 90.8 cm³/mol. The molecule has 1 heterocycles. The van der Waals surface area contributed by atoms with Gasteiger partial charge in [-0.3, -0.25) is 9.59 Å². The first-order valence-corrected chi connectivity index (χ1v) is 8.84. The fourth-order valence-electron chi connectivity index (χ4n) is 3.62. The van der Waals surface area contributed by atoms with Crippen molar-refractivity contribution in [3.63, 3.8) is 0 Å². The smallest absolute Gasteiger partial charge is 0.279 e. The molecule has 24 heavy (non-hydrogen) atoms. The number of quaternary nitrogens is 1. The fraction of sp³-hybridized carbons (Fsp3) is 0.556. The molecule has 1 saturated heterocycles. The van der Waals surface area contributed by atoms with Gasteiger partial charge in [0.05, 0.1) is 19.1 Å². The Morgan fingerprint density at radius 3 is 2.79 bits per heavy atom. The highest BCUT2D eigenvalue weighted by molar-refractivity contribution is 5.95. The second-order valence-corrected chi connectivity index (χ2v) is 6.57. The second kappa shape index (κ2) is 7.66. The third-order valence-corrected chi connectivity index (χ3v) is 4.82. The van der Waals surface area contributed by atoms with Crippen LogP contribution < -0.4 is 20.7 Å². The maximum atomic E-state index is 12.3. The van der Waals surface area contributed by atoms with E-state index in [1.807, 2.05) is 31.2 Å². The lowest BCUT2D eigenvalue weighted by Crippen LogP contribution is -3.03. The summed E-state index contributed by atoms with van der Waals surface area (Å²) < 4.78 is 5.38. The largest absolute Gasteiger partial charge is 0.494 e. The van der Waals surface area contributed by atoms with Gasteiger partial charge in [0.2, 0.25) is 5.91 Å². The number of rotatable bonds is 5. The average Bonchev–Trinajstić information content (AvgIpc) is 2.57. The van der Waals surface area contributed by atoms with Crippen LogP contribution in [0.2, 0.25) is 0 Å². The number of hydrogen-bond acceptors (Lipinski definition) is 3. The first kappa shape index (κ1) is 16.8. The van der Waals surface area contributed by atoms with Crippen molar-refractivity contribution in [3.05, 3.63) is 24.3 Å². The van der Waals surface area contributed by atoms with Crippen LogP contribution in [0.1, 0.15) is 39.0 Å². The van der Waals surface area contributed by atoms with Gasteiger partial charge in [0.25, 0.3) is 5.91 Å². The lowest BCUT2D eigenvalue weighted by molar-refractivity contribution is -0.718. The number of anilines is 1. The Morgan fingerprint density at radius 2 is 2.04 bits per heavy atom. The molecule has 1 aromatic rings. The highest BCUT2D eigenvalue weighted by Gasteiger charge is 2.40. The van der Waals surface area contributed by atoms with Crippen molar-refractivity contribution in [1.82, 2.24) is 5.32 Å². The average molecular weight is 332 g/mol. The molecule has 2 fully saturated rings. The van der Waals surface area contributed by atoms with Crippen molar-refractivity contribution in [2.24, 2.45) is 0 Å². The molecule has 2 amide bonds. The lowest BCUT2D eigenvalue weighted by Gasteiger charge is -2.37. The van der Waals surface area contributed by atoms with Crippen molar-refractivity contribution < 1.29 is 19.6 Å². The van der Waals surface area contributed by atoms with Crippen LogP contribution in [0.5, 0.6) is 5.75 Å². The summed E-state index contributed by atoms with van der Waals surface area (Å²) >= 11 is 0. The zero-order valence-electron chi connectivity index (χ0n) is 14.1. The van der Waals surface area contributed by atoms with E-state index in [0.29, 0.717) is 12.6 Å². The van der Waals surface area contributed by atoms with Crippen LogP contribution in [-0.4, -0.2) is 36.5 Å². The third-order valence-electron chi connectivity index (χ3n) is 4.82. The zero-order chi connectivity index (χ0) is 16.9. The monoisotopic (exact) mass is 332 g/mol. The van der Waals surface area contributed by atoms with Crippen LogP contribution in [-0.2, 0) is 9.59 Å². The first-order chi connectivity index (χ1) is 11.7. The molecule has 1 aliphatic carbocycles. The van der Waals surface area contributed by atoms with Gasteiger partial charge in [-0.25, -0.2) is 0 Å². The molecule has 0 aromatic heterocycles. The maximum Gasteiger partial charge on any atom is 0.279 e. The van der Waals surface area contributed by atoms with Crippen molar-refractivity contribution >= 4 is 17.5 Å². The van der Waals surface area contributed by atoms with E-state index in [4.69, 9.17) is 4.74 Å². The van der Waals surface area contributed by atoms with E-state index in [0.717, 1.165) is 24.3 Å². The molecule has 2 aliphatic rings. The molecule has 1 aromatic carbocycles. The van der Waals surface area contributed by atoms with Gasteiger partial charge in [0.1, 0.15) is 11.8 Å². The van der Waals surface area contributed by atoms with Crippen molar-refractivity contribution in [3.8, 4) is 5.75 Å². The van der Waals surface area contributed by atoms with Crippen molar-refractivity contribution in [2.45, 2.75) is 57.2 Å². The Balaban J connectivity index is 1.53. The normalized spacial score (nSPS) is 26.2. The molecular formula is C18H26N3O3+. The predicted octanol–water partition coefficient (Wildman–Crippen LogP) is 0.787. The van der Waals surface area contributed by atoms with Gasteiger partial charge in [-0.15, -0.1) is 0 Å². The lowest BCUT2D eigenvalue weighted by atomic mass is 9.87. The molecule has 3 atom stereocenters. The van der Waals surface area contributed by atoms with Crippen molar-refractivity contribution in [2.75, 3.05) is 11.9 Å². The van der Waals surface area contributed by atoms with E-state index >= 15 is 0 Å². The molecule has 6 nitrogen and oxygen atoms in total. The number of carbonyl (C=O) groups excluding carboxylic acids is 2. The van der Waals surface area contributed by atoms with Gasteiger partial charge < -0.3 is 20.7 Å². The van der Waals surface area contributed by atoms with Crippen LogP contribution in [0.4, 0.5) is 5.69 Å². The van der Waals surface area contributed by atoms with Gasteiger partial charge in [-0.2, -0.15) is 0 Å². The summed E-state index contributed by atoms with van der Waals surface area (Å²) in [4.78, 5) is 24.5. The molecule has 6 heteroatoms. The number of piperazine rings is 1. The molecule has 0 spiro atoms. The Bertz CT molecular complexity index is 588. The Hall–Kier alpha value is -2.08. The number of benzene rings is 1. The highest BCUT2D eigenvalue weighted by Crippen LogP contribution is 2.19. The zero-order valence-corrected chi connectivity index (χ0v) is 14.1. The minimum atomic E-state index is -0.327. The van der Waals surface area contributed by atoms with E-state index in [-0.39, 0.29) is 30.3 Å². The molecule has 1 saturated carbocycles. The topological polar surface area (TPSA) is 84.0 Å². The molecule has 0 unspecified atom stereocenters. The summed E-state index contributed by atoms with van der Waals surface area (Å²) in [5.74, 6) is 0.628. The number of nitrogens with two attached hydrogens (primary N) is 1. The molecule has 4 N–H and O–H groups in total. The number of hydrogen-bond donors (Lipinski definition) is 3. The highest BCUT2D eigenvalue weighted by atomic mass is 16.5. The third kappa shape index (κ3) is 4.06. The Morgan fingerprint density at radius 1 is 1.29 bits per heavy atom. The van der Waals surface area contributed by atoms with E-state index in [2.05, 4.69) is 16.0 Å². The summed E-state index contributed by atoms with van der Waals surface area (Å²) in [5.41, 5.74) is 0.718. The van der Waals surface area contributed by atoms with Crippen molar-refractivity contribution in [1.29, 1.82) is 0 Å². The van der Waals surface area contributed by atoms with Crippen LogP contribution in [0.15, 0.2) is 24.3 Å². The molecule has 130 valence electrons. The van der Waals surface area contributed by atoms with Gasteiger partial charge in [-0.05, 0) is 44.0 Å². The summed E-state index contributed by atoms with van der Waals surface area (Å²) in [6, 6.07) is 7.63. The quantitative estimate of drug-likeness (QED) is 0.745. The first-order valence-electron chi connectivity index (χ1n) is 8.84. The number of ether oxygens (including phenoxy) is 1. The van der Waals surface area contributed by atoms with Gasteiger partial charge in [-0.1, -0.05) is 6.42 Å². The minimum Gasteiger partial charge on any atom is -0.494 e. The molecule has 0 bridgehead atoms. The summed E-state index contributed by atoms with van der Waals surface area (Å²) in [6.07, 6.45) is 4.75. The van der Waals surface area contributed by atoms with Crippen LogP contribution in [0.3, 0.4) is 0 Å². The van der Waals surface area contributed by atoms with Crippen LogP contribution >= 0.6 is 0 Å². The van der Waals surface area contributed by atoms with Crippen LogP contribution in [0.25, 0.3) is 0 Å². The Labute approximate surface area is 142 Å². The fourth-order valence-corrected chi connectivity index (χ4v) is 3.62. The molecule has 3 rings (SSSR count). The van der Waals surface area contributed by atoms with Gasteiger partial charge in [0, 0.05) is 12.1 Å².